The number of aromatic amines is 2. The molecule has 0 saturated heterocycles. The second-order valence-corrected chi connectivity index (χ2v) is 5.84. The number of ether oxygens (including phenoxy) is 1. The normalized spacial score (nSPS) is 11.4. The van der Waals surface area contributed by atoms with Crippen molar-refractivity contribution in [1.82, 2.24) is 9.97 Å². The summed E-state index contributed by atoms with van der Waals surface area (Å²) in [6.07, 6.45) is 0. The Bertz CT molecular complexity index is 1190. The molecule has 0 amide bonds. The first kappa shape index (κ1) is 15.4. The molecular formula is C19H14F2N2O2. The zero-order chi connectivity index (χ0) is 17.7. The van der Waals surface area contributed by atoms with E-state index in [1.807, 2.05) is 0 Å². The van der Waals surface area contributed by atoms with Gasteiger partial charge < -0.3 is 14.7 Å². The van der Waals surface area contributed by atoms with Crippen LogP contribution in [0.1, 0.15) is 5.56 Å². The molecule has 0 aliphatic carbocycles. The van der Waals surface area contributed by atoms with Gasteiger partial charge in [-0.1, -0.05) is 12.1 Å². The van der Waals surface area contributed by atoms with Crippen molar-refractivity contribution in [3.8, 4) is 16.9 Å². The molecule has 4 nitrogen and oxygen atoms in total. The van der Waals surface area contributed by atoms with Crippen LogP contribution in [0.2, 0.25) is 0 Å². The fraction of sp³-hybridized carbons (Fsp3) is 0.105. The van der Waals surface area contributed by atoms with Crippen molar-refractivity contribution >= 4 is 21.9 Å². The van der Waals surface area contributed by atoms with Gasteiger partial charge in [-0.3, -0.25) is 4.79 Å². The van der Waals surface area contributed by atoms with Crippen LogP contribution >= 0.6 is 0 Å². The Hall–Kier alpha value is -3.15. The molecule has 0 unspecified atom stereocenters. The summed E-state index contributed by atoms with van der Waals surface area (Å²) in [6.45, 7) is 1.62. The molecule has 0 fully saturated rings. The van der Waals surface area contributed by atoms with Crippen molar-refractivity contribution in [3.63, 3.8) is 0 Å². The van der Waals surface area contributed by atoms with Gasteiger partial charge >= 0.3 is 0 Å². The lowest BCUT2D eigenvalue weighted by atomic mass is 9.99. The van der Waals surface area contributed by atoms with Gasteiger partial charge in [-0.2, -0.15) is 0 Å². The average molecular weight is 340 g/mol. The van der Waals surface area contributed by atoms with Crippen LogP contribution in [0.5, 0.6) is 5.75 Å². The zero-order valence-corrected chi connectivity index (χ0v) is 13.5. The third-order valence-corrected chi connectivity index (χ3v) is 4.42. The SMILES string of the molecule is COc1cccc(-c2c(C)c(=O)[nH]c3c2[nH]c2ccc(F)cc23)c1F. The van der Waals surface area contributed by atoms with Gasteiger partial charge in [-0.25, -0.2) is 8.78 Å². The molecule has 4 rings (SSSR count). The maximum atomic E-state index is 14.8. The Balaban J connectivity index is 2.19. The van der Waals surface area contributed by atoms with E-state index in [1.54, 1.807) is 25.1 Å². The Morgan fingerprint density at radius 1 is 1.04 bits per heavy atom. The van der Waals surface area contributed by atoms with E-state index in [0.29, 0.717) is 33.1 Å². The van der Waals surface area contributed by atoms with Crippen molar-refractivity contribution in [1.29, 1.82) is 0 Å². The van der Waals surface area contributed by atoms with Crippen LogP contribution in [0.25, 0.3) is 33.1 Å². The third-order valence-electron chi connectivity index (χ3n) is 4.42. The van der Waals surface area contributed by atoms with Crippen LogP contribution in [0.3, 0.4) is 0 Å². The highest BCUT2D eigenvalue weighted by atomic mass is 19.1. The van der Waals surface area contributed by atoms with Gasteiger partial charge in [0.05, 0.1) is 18.1 Å². The maximum absolute atomic E-state index is 14.8. The quantitative estimate of drug-likeness (QED) is 0.572. The molecule has 2 aromatic heterocycles. The zero-order valence-electron chi connectivity index (χ0n) is 13.5. The minimum Gasteiger partial charge on any atom is -0.494 e. The smallest absolute Gasteiger partial charge is 0.252 e. The molecule has 25 heavy (non-hydrogen) atoms. The number of methoxy groups -OCH3 is 1. The standard InChI is InChI=1S/C19H14F2N2O2/c1-9-15(11-4-3-5-14(25-2)16(11)21)18-17(23-19(9)24)12-8-10(20)6-7-13(12)22-18/h3-8,22H,1-2H3,(H,23,24). The van der Waals surface area contributed by atoms with Crippen molar-refractivity contribution in [2.75, 3.05) is 7.11 Å². The van der Waals surface area contributed by atoms with Crippen molar-refractivity contribution in [2.45, 2.75) is 6.92 Å². The van der Waals surface area contributed by atoms with Gasteiger partial charge in [0.25, 0.3) is 5.56 Å². The molecule has 2 N–H and O–H groups in total. The van der Waals surface area contributed by atoms with Gasteiger partial charge in [0.1, 0.15) is 5.82 Å². The molecular weight excluding hydrogens is 326 g/mol. The summed E-state index contributed by atoms with van der Waals surface area (Å²) >= 11 is 0. The summed E-state index contributed by atoms with van der Waals surface area (Å²) in [6, 6.07) is 9.01. The van der Waals surface area contributed by atoms with Gasteiger partial charge in [-0.15, -0.1) is 0 Å². The number of fused-ring (bicyclic) bond motifs is 3. The minimum absolute atomic E-state index is 0.0903. The molecule has 126 valence electrons. The molecule has 2 aromatic carbocycles. The fourth-order valence-corrected chi connectivity index (χ4v) is 3.19. The highest BCUT2D eigenvalue weighted by molar-refractivity contribution is 6.10. The van der Waals surface area contributed by atoms with Crippen LogP contribution in [0.4, 0.5) is 8.78 Å². The number of halogens is 2. The van der Waals surface area contributed by atoms with Crippen molar-refractivity contribution < 1.29 is 13.5 Å². The Morgan fingerprint density at radius 3 is 2.60 bits per heavy atom. The summed E-state index contributed by atoms with van der Waals surface area (Å²) in [4.78, 5) is 18.3. The number of H-pyrrole nitrogens is 2. The lowest BCUT2D eigenvalue weighted by Crippen LogP contribution is -2.11. The number of aromatic nitrogens is 2. The number of nitrogens with one attached hydrogen (secondary N) is 2. The molecule has 0 atom stereocenters. The number of hydrogen-bond acceptors (Lipinski definition) is 2. The monoisotopic (exact) mass is 340 g/mol. The number of rotatable bonds is 2. The Labute approximate surface area is 141 Å². The van der Waals surface area contributed by atoms with Crippen LogP contribution in [0, 0.1) is 18.6 Å². The molecule has 0 radical (unpaired) electrons. The first-order valence-corrected chi connectivity index (χ1v) is 7.68. The van der Waals surface area contributed by atoms with Gasteiger partial charge in [-0.05, 0) is 31.2 Å². The van der Waals surface area contributed by atoms with Crippen LogP contribution < -0.4 is 10.3 Å². The Morgan fingerprint density at radius 2 is 1.84 bits per heavy atom. The van der Waals surface area contributed by atoms with Gasteiger partial charge in [0.15, 0.2) is 11.6 Å². The lowest BCUT2D eigenvalue weighted by molar-refractivity contribution is 0.387. The number of benzene rings is 2. The molecule has 4 aromatic rings. The van der Waals surface area contributed by atoms with Gasteiger partial charge in [0, 0.05) is 27.6 Å². The maximum Gasteiger partial charge on any atom is 0.252 e. The van der Waals surface area contributed by atoms with E-state index in [0.717, 1.165) is 0 Å². The minimum atomic E-state index is -0.551. The third kappa shape index (κ3) is 2.21. The number of hydrogen-bond donors (Lipinski definition) is 2. The summed E-state index contributed by atoms with van der Waals surface area (Å²) in [7, 11) is 1.38. The van der Waals surface area contributed by atoms with E-state index in [2.05, 4.69) is 9.97 Å². The van der Waals surface area contributed by atoms with Crippen LogP contribution in [-0.2, 0) is 0 Å². The van der Waals surface area contributed by atoms with Gasteiger partial charge in [0.2, 0.25) is 0 Å². The molecule has 0 aliphatic rings. The molecule has 2 heterocycles. The molecule has 0 bridgehead atoms. The van der Waals surface area contributed by atoms with E-state index in [4.69, 9.17) is 4.74 Å². The first-order valence-electron chi connectivity index (χ1n) is 7.68. The molecule has 6 heteroatoms. The van der Waals surface area contributed by atoms with Crippen LogP contribution in [-0.4, -0.2) is 17.1 Å². The number of pyridine rings is 1. The average Bonchev–Trinajstić information content (AvgIpc) is 2.94. The summed E-state index contributed by atoms with van der Waals surface area (Å²) in [5.74, 6) is -0.874. The van der Waals surface area contributed by atoms with E-state index < -0.39 is 11.6 Å². The fourth-order valence-electron chi connectivity index (χ4n) is 3.19. The van der Waals surface area contributed by atoms with E-state index in [9.17, 15) is 13.6 Å². The second kappa shape index (κ2) is 5.44. The predicted octanol–water partition coefficient (Wildman–Crippen LogP) is 4.27. The van der Waals surface area contributed by atoms with E-state index in [-0.39, 0.29) is 16.9 Å². The highest BCUT2D eigenvalue weighted by Gasteiger charge is 2.20. The molecule has 0 spiro atoms. The van der Waals surface area contributed by atoms with E-state index in [1.165, 1.54) is 25.3 Å². The Kier molecular flexibility index (Phi) is 3.35. The topological polar surface area (TPSA) is 57.9 Å². The van der Waals surface area contributed by atoms with Crippen molar-refractivity contribution in [3.05, 3.63) is 63.9 Å². The van der Waals surface area contributed by atoms with Crippen LogP contribution in [0.15, 0.2) is 41.2 Å². The summed E-state index contributed by atoms with van der Waals surface area (Å²) in [5.41, 5.74) is 2.35. The van der Waals surface area contributed by atoms with E-state index >= 15 is 0 Å². The largest absolute Gasteiger partial charge is 0.494 e. The predicted molar refractivity (Wildman–Crippen MR) is 93.1 cm³/mol. The highest BCUT2D eigenvalue weighted by Crippen LogP contribution is 2.36. The molecule has 0 aliphatic heterocycles. The first-order chi connectivity index (χ1) is 12.0. The second-order valence-electron chi connectivity index (χ2n) is 5.84. The van der Waals surface area contributed by atoms with Crippen molar-refractivity contribution in [2.24, 2.45) is 0 Å². The summed E-state index contributed by atoms with van der Waals surface area (Å²) < 4.78 is 33.5. The lowest BCUT2D eigenvalue weighted by Gasteiger charge is -2.11. The molecule has 0 saturated carbocycles. The summed E-state index contributed by atoms with van der Waals surface area (Å²) in [5, 5.41) is 0.539.